The van der Waals surface area contributed by atoms with Gasteiger partial charge in [0.05, 0.1) is 24.5 Å². The summed E-state index contributed by atoms with van der Waals surface area (Å²) < 4.78 is 20.8. The lowest BCUT2D eigenvalue weighted by Crippen LogP contribution is -2.40. The number of carbonyl (C=O) groups is 1. The summed E-state index contributed by atoms with van der Waals surface area (Å²) >= 11 is 0. The third-order valence-corrected chi connectivity index (χ3v) is 4.43. The molecule has 1 aliphatic rings. The van der Waals surface area contributed by atoms with Crippen LogP contribution in [0, 0.1) is 5.82 Å². The molecule has 0 aliphatic carbocycles. The smallest absolute Gasteiger partial charge is 0.319 e. The van der Waals surface area contributed by atoms with E-state index in [4.69, 9.17) is 4.74 Å². The van der Waals surface area contributed by atoms with Crippen molar-refractivity contribution in [2.75, 3.05) is 11.9 Å². The first kappa shape index (κ1) is 17.2. The van der Waals surface area contributed by atoms with Gasteiger partial charge in [0, 0.05) is 12.2 Å². The summed E-state index contributed by atoms with van der Waals surface area (Å²) in [5.74, 6) is 0.530. The number of benzene rings is 2. The lowest BCUT2D eigenvalue weighted by Gasteiger charge is -2.26. The van der Waals surface area contributed by atoms with E-state index < -0.39 is 0 Å². The molecule has 1 aliphatic heterocycles. The molecule has 0 radical (unpaired) electrons. The minimum absolute atomic E-state index is 0.159. The minimum atomic E-state index is -0.357. The quantitative estimate of drug-likeness (QED) is 0.744. The van der Waals surface area contributed by atoms with Crippen LogP contribution in [0.1, 0.15) is 5.82 Å². The van der Waals surface area contributed by atoms with E-state index >= 15 is 0 Å². The third-order valence-electron chi connectivity index (χ3n) is 4.43. The van der Waals surface area contributed by atoms with E-state index in [1.54, 1.807) is 0 Å². The average Bonchev–Trinajstić information content (AvgIpc) is 3.12. The van der Waals surface area contributed by atoms with Crippen LogP contribution < -0.4 is 10.6 Å². The summed E-state index contributed by atoms with van der Waals surface area (Å²) in [6.45, 7) is 1.37. The lowest BCUT2D eigenvalue weighted by molar-refractivity contribution is 0.00515. The van der Waals surface area contributed by atoms with Gasteiger partial charge in [0.25, 0.3) is 0 Å². The van der Waals surface area contributed by atoms with Gasteiger partial charge in [0.15, 0.2) is 0 Å². The van der Waals surface area contributed by atoms with E-state index in [1.165, 1.54) is 24.3 Å². The molecule has 27 heavy (non-hydrogen) atoms. The molecule has 6 nitrogen and oxygen atoms in total. The second kappa shape index (κ2) is 7.59. The van der Waals surface area contributed by atoms with Gasteiger partial charge in [-0.15, -0.1) is 0 Å². The molecule has 1 atom stereocenters. The molecular formula is C20H19FN4O2. The number of ether oxygens (including phenoxy) is 1. The van der Waals surface area contributed by atoms with Gasteiger partial charge < -0.3 is 19.9 Å². The Morgan fingerprint density at radius 1 is 1.19 bits per heavy atom. The summed E-state index contributed by atoms with van der Waals surface area (Å²) in [7, 11) is 0. The average molecular weight is 366 g/mol. The van der Waals surface area contributed by atoms with E-state index in [-0.39, 0.29) is 18.0 Å². The Morgan fingerprint density at radius 3 is 2.74 bits per heavy atom. The topological polar surface area (TPSA) is 68.2 Å². The molecule has 0 saturated heterocycles. The van der Waals surface area contributed by atoms with E-state index in [0.29, 0.717) is 25.4 Å². The molecule has 0 bridgehead atoms. The molecule has 0 saturated carbocycles. The molecule has 2 amide bonds. The number of nitrogens with zero attached hydrogens (tertiary/aromatic N) is 2. The van der Waals surface area contributed by atoms with Crippen LogP contribution >= 0.6 is 0 Å². The first-order valence-corrected chi connectivity index (χ1v) is 8.71. The normalized spacial score (nSPS) is 15.8. The Kier molecular flexibility index (Phi) is 4.84. The number of urea groups is 1. The fourth-order valence-corrected chi connectivity index (χ4v) is 3.06. The van der Waals surface area contributed by atoms with Crippen LogP contribution in [0.4, 0.5) is 14.9 Å². The number of aromatic nitrogens is 2. The van der Waals surface area contributed by atoms with Crippen LogP contribution in [0.2, 0.25) is 0 Å². The molecule has 7 heteroatoms. The Hall–Kier alpha value is -3.19. The zero-order chi connectivity index (χ0) is 18.6. The number of hydrogen-bond donors (Lipinski definition) is 2. The molecule has 0 spiro atoms. The van der Waals surface area contributed by atoms with E-state index in [1.807, 2.05) is 36.5 Å². The van der Waals surface area contributed by atoms with Crippen LogP contribution in [0.15, 0.2) is 60.8 Å². The number of carbonyl (C=O) groups excluding carboxylic acids is 1. The zero-order valence-electron chi connectivity index (χ0n) is 14.6. The third kappa shape index (κ3) is 3.98. The van der Waals surface area contributed by atoms with Gasteiger partial charge in [-0.25, -0.2) is 14.2 Å². The maximum atomic E-state index is 12.9. The van der Waals surface area contributed by atoms with Gasteiger partial charge in [0.2, 0.25) is 0 Å². The summed E-state index contributed by atoms with van der Waals surface area (Å²) in [5.41, 5.74) is 2.66. The molecule has 1 aromatic heterocycles. The molecule has 4 rings (SSSR count). The predicted molar refractivity (Wildman–Crippen MR) is 99.7 cm³/mol. The van der Waals surface area contributed by atoms with Crippen molar-refractivity contribution in [1.82, 2.24) is 14.9 Å². The van der Waals surface area contributed by atoms with Crippen molar-refractivity contribution in [3.63, 3.8) is 0 Å². The number of imidazole rings is 1. The SMILES string of the molecule is O=C(NC[C@H]1Cn2c(-c3ccccc3)cnc2CO1)Nc1ccc(F)cc1. The van der Waals surface area contributed by atoms with Crippen molar-refractivity contribution in [2.45, 2.75) is 19.3 Å². The maximum Gasteiger partial charge on any atom is 0.319 e. The van der Waals surface area contributed by atoms with Gasteiger partial charge in [-0.05, 0) is 29.8 Å². The van der Waals surface area contributed by atoms with Gasteiger partial charge >= 0.3 is 6.03 Å². The number of amides is 2. The van der Waals surface area contributed by atoms with Crippen LogP contribution in [0.3, 0.4) is 0 Å². The minimum Gasteiger partial charge on any atom is -0.367 e. The molecule has 138 valence electrons. The summed E-state index contributed by atoms with van der Waals surface area (Å²) in [5, 5.41) is 5.46. The number of hydrogen-bond acceptors (Lipinski definition) is 3. The molecule has 2 aromatic carbocycles. The number of anilines is 1. The molecule has 0 unspecified atom stereocenters. The van der Waals surface area contributed by atoms with Gasteiger partial charge in [-0.1, -0.05) is 30.3 Å². The Bertz CT molecular complexity index is 925. The van der Waals surface area contributed by atoms with Crippen LogP contribution in [0.25, 0.3) is 11.3 Å². The van der Waals surface area contributed by atoms with E-state index in [2.05, 4.69) is 20.2 Å². The highest BCUT2D eigenvalue weighted by molar-refractivity contribution is 5.89. The number of fused-ring (bicyclic) bond motifs is 1. The van der Waals surface area contributed by atoms with Crippen molar-refractivity contribution >= 4 is 11.7 Å². The summed E-state index contributed by atoms with van der Waals surface area (Å²) in [6, 6.07) is 15.3. The highest BCUT2D eigenvalue weighted by atomic mass is 19.1. The number of rotatable bonds is 4. The molecular weight excluding hydrogens is 347 g/mol. The molecule has 2 N–H and O–H groups in total. The van der Waals surface area contributed by atoms with Crippen LogP contribution in [-0.4, -0.2) is 28.2 Å². The fraction of sp³-hybridized carbons (Fsp3) is 0.200. The molecule has 2 heterocycles. The van der Waals surface area contributed by atoms with Crippen molar-refractivity contribution in [3.05, 3.63) is 72.4 Å². The van der Waals surface area contributed by atoms with Crippen molar-refractivity contribution in [2.24, 2.45) is 0 Å². The van der Waals surface area contributed by atoms with Gasteiger partial charge in [0.1, 0.15) is 18.2 Å². The van der Waals surface area contributed by atoms with Crippen LogP contribution in [0.5, 0.6) is 0 Å². The molecule has 3 aromatic rings. The number of nitrogens with one attached hydrogen (secondary N) is 2. The second-order valence-corrected chi connectivity index (χ2v) is 6.31. The van der Waals surface area contributed by atoms with E-state index in [0.717, 1.165) is 17.1 Å². The van der Waals surface area contributed by atoms with Crippen LogP contribution in [-0.2, 0) is 17.9 Å². The monoisotopic (exact) mass is 366 g/mol. The highest BCUT2D eigenvalue weighted by Crippen LogP contribution is 2.24. The fourth-order valence-electron chi connectivity index (χ4n) is 3.06. The zero-order valence-corrected chi connectivity index (χ0v) is 14.6. The first-order valence-electron chi connectivity index (χ1n) is 8.71. The lowest BCUT2D eigenvalue weighted by atomic mass is 10.1. The first-order chi connectivity index (χ1) is 13.2. The second-order valence-electron chi connectivity index (χ2n) is 6.31. The number of halogens is 1. The Labute approximate surface area is 156 Å². The van der Waals surface area contributed by atoms with Crippen molar-refractivity contribution in [1.29, 1.82) is 0 Å². The summed E-state index contributed by atoms with van der Waals surface area (Å²) in [4.78, 5) is 16.5. The Balaban J connectivity index is 1.36. The largest absolute Gasteiger partial charge is 0.367 e. The highest BCUT2D eigenvalue weighted by Gasteiger charge is 2.23. The van der Waals surface area contributed by atoms with Crippen molar-refractivity contribution < 1.29 is 13.9 Å². The molecule has 0 fully saturated rings. The maximum absolute atomic E-state index is 12.9. The van der Waals surface area contributed by atoms with Gasteiger partial charge in [-0.3, -0.25) is 0 Å². The van der Waals surface area contributed by atoms with Gasteiger partial charge in [-0.2, -0.15) is 0 Å². The Morgan fingerprint density at radius 2 is 1.96 bits per heavy atom. The standard InChI is InChI=1S/C20H19FN4O2/c21-15-6-8-16(9-7-15)24-20(26)23-10-17-12-25-18(11-22-19(25)13-27-17)14-4-2-1-3-5-14/h1-9,11,17H,10,12-13H2,(H2,23,24,26)/t17-/m0/s1. The summed E-state index contributed by atoms with van der Waals surface area (Å²) in [6.07, 6.45) is 1.69. The predicted octanol–water partition coefficient (Wildman–Crippen LogP) is 3.41. The van der Waals surface area contributed by atoms with Crippen molar-refractivity contribution in [3.8, 4) is 11.3 Å². The van der Waals surface area contributed by atoms with E-state index in [9.17, 15) is 9.18 Å².